The maximum atomic E-state index is 9.76. The lowest BCUT2D eigenvalue weighted by Gasteiger charge is -2.09. The van der Waals surface area contributed by atoms with Crippen LogP contribution in [0.4, 0.5) is 5.69 Å². The Morgan fingerprint density at radius 2 is 1.78 bits per heavy atom. The van der Waals surface area contributed by atoms with Crippen LogP contribution in [0.1, 0.15) is 5.56 Å². The molecule has 0 aliphatic rings. The number of hydrogen-bond acceptors (Lipinski definition) is 4. The van der Waals surface area contributed by atoms with E-state index in [1.165, 1.54) is 0 Å². The molecule has 0 radical (unpaired) electrons. The number of pyridine rings is 1. The third kappa shape index (κ3) is 3.61. The van der Waals surface area contributed by atoms with E-state index < -0.39 is 0 Å². The number of phenols is 1. The van der Waals surface area contributed by atoms with E-state index in [1.54, 1.807) is 19.4 Å². The molecule has 0 amide bonds. The molecule has 0 atom stereocenters. The van der Waals surface area contributed by atoms with Gasteiger partial charge >= 0.3 is 0 Å². The van der Waals surface area contributed by atoms with Gasteiger partial charge in [0, 0.05) is 17.7 Å². The van der Waals surface area contributed by atoms with Crippen molar-refractivity contribution in [1.29, 1.82) is 0 Å². The maximum Gasteiger partial charge on any atom is 0.120 e. The Morgan fingerprint density at radius 3 is 2.43 bits per heavy atom. The molecule has 116 valence electrons. The van der Waals surface area contributed by atoms with Gasteiger partial charge in [-0.05, 0) is 42.5 Å². The molecule has 2 N–H and O–H groups in total. The van der Waals surface area contributed by atoms with E-state index in [4.69, 9.17) is 4.74 Å². The average Bonchev–Trinajstić information content (AvgIpc) is 2.62. The SMILES string of the molecule is COc1ccc(-c2ccc(NCc3ccccc3O)cn2)cc1. The van der Waals surface area contributed by atoms with Gasteiger partial charge in [0.15, 0.2) is 0 Å². The first-order valence-corrected chi connectivity index (χ1v) is 7.37. The van der Waals surface area contributed by atoms with Crippen molar-refractivity contribution in [3.8, 4) is 22.8 Å². The summed E-state index contributed by atoms with van der Waals surface area (Å²) in [5, 5.41) is 13.0. The topological polar surface area (TPSA) is 54.4 Å². The summed E-state index contributed by atoms with van der Waals surface area (Å²) in [6.07, 6.45) is 1.79. The molecule has 0 aliphatic heterocycles. The Kier molecular flexibility index (Phi) is 4.43. The number of nitrogens with one attached hydrogen (secondary N) is 1. The monoisotopic (exact) mass is 306 g/mol. The molecule has 2 aromatic carbocycles. The number of ether oxygens (including phenoxy) is 1. The molecular weight excluding hydrogens is 288 g/mol. The maximum absolute atomic E-state index is 9.76. The number of rotatable bonds is 5. The highest BCUT2D eigenvalue weighted by molar-refractivity contribution is 5.62. The summed E-state index contributed by atoms with van der Waals surface area (Å²) in [4.78, 5) is 4.47. The lowest BCUT2D eigenvalue weighted by molar-refractivity contribution is 0.415. The predicted octanol–water partition coefficient (Wildman–Crippen LogP) is 4.07. The van der Waals surface area contributed by atoms with Crippen LogP contribution in [0.2, 0.25) is 0 Å². The first kappa shape index (κ1) is 14.9. The summed E-state index contributed by atoms with van der Waals surface area (Å²) in [7, 11) is 1.65. The summed E-state index contributed by atoms with van der Waals surface area (Å²) >= 11 is 0. The lowest BCUT2D eigenvalue weighted by atomic mass is 10.1. The zero-order chi connectivity index (χ0) is 16.1. The molecule has 1 heterocycles. The van der Waals surface area contributed by atoms with Crippen molar-refractivity contribution in [2.75, 3.05) is 12.4 Å². The summed E-state index contributed by atoms with van der Waals surface area (Å²) in [6, 6.07) is 19.0. The number of aromatic nitrogens is 1. The van der Waals surface area contributed by atoms with Crippen LogP contribution < -0.4 is 10.1 Å². The first-order chi connectivity index (χ1) is 11.3. The van der Waals surface area contributed by atoms with Crippen molar-refractivity contribution in [3.05, 3.63) is 72.4 Å². The van der Waals surface area contributed by atoms with Crippen LogP contribution in [0.3, 0.4) is 0 Å². The number of nitrogens with zero attached hydrogens (tertiary/aromatic N) is 1. The van der Waals surface area contributed by atoms with Crippen LogP contribution in [0.15, 0.2) is 66.9 Å². The number of anilines is 1. The van der Waals surface area contributed by atoms with Gasteiger partial charge in [-0.15, -0.1) is 0 Å². The Balaban J connectivity index is 1.68. The van der Waals surface area contributed by atoms with Crippen LogP contribution in [0.5, 0.6) is 11.5 Å². The smallest absolute Gasteiger partial charge is 0.120 e. The fourth-order valence-corrected chi connectivity index (χ4v) is 2.29. The average molecular weight is 306 g/mol. The fraction of sp³-hybridized carbons (Fsp3) is 0.105. The molecule has 3 aromatic rings. The van der Waals surface area contributed by atoms with Gasteiger partial charge in [-0.2, -0.15) is 0 Å². The number of benzene rings is 2. The molecule has 0 aliphatic carbocycles. The van der Waals surface area contributed by atoms with Crippen molar-refractivity contribution in [2.45, 2.75) is 6.54 Å². The van der Waals surface area contributed by atoms with E-state index in [-0.39, 0.29) is 0 Å². The zero-order valence-corrected chi connectivity index (χ0v) is 12.9. The molecule has 0 spiro atoms. The van der Waals surface area contributed by atoms with Gasteiger partial charge in [-0.25, -0.2) is 0 Å². The molecule has 0 saturated heterocycles. The molecule has 1 aromatic heterocycles. The minimum absolute atomic E-state index is 0.294. The predicted molar refractivity (Wildman–Crippen MR) is 91.7 cm³/mol. The highest BCUT2D eigenvalue weighted by Gasteiger charge is 2.02. The van der Waals surface area contributed by atoms with Gasteiger partial charge in [0.05, 0.1) is 24.7 Å². The first-order valence-electron chi connectivity index (χ1n) is 7.37. The highest BCUT2D eigenvalue weighted by atomic mass is 16.5. The Morgan fingerprint density at radius 1 is 1.00 bits per heavy atom. The van der Waals surface area contributed by atoms with Gasteiger partial charge in [0.2, 0.25) is 0 Å². The van der Waals surface area contributed by atoms with Crippen LogP contribution in [0.25, 0.3) is 11.3 Å². The van der Waals surface area contributed by atoms with Gasteiger partial charge in [-0.3, -0.25) is 4.98 Å². The van der Waals surface area contributed by atoms with Crippen molar-refractivity contribution in [2.24, 2.45) is 0 Å². The van der Waals surface area contributed by atoms with Crippen molar-refractivity contribution in [1.82, 2.24) is 4.98 Å². The number of para-hydroxylation sites is 1. The van der Waals surface area contributed by atoms with E-state index >= 15 is 0 Å². The van der Waals surface area contributed by atoms with E-state index in [9.17, 15) is 5.11 Å². The van der Waals surface area contributed by atoms with Crippen molar-refractivity contribution >= 4 is 5.69 Å². The third-order valence-electron chi connectivity index (χ3n) is 3.62. The largest absolute Gasteiger partial charge is 0.508 e. The highest BCUT2D eigenvalue weighted by Crippen LogP contribution is 2.22. The van der Waals surface area contributed by atoms with Crippen LogP contribution in [-0.4, -0.2) is 17.2 Å². The number of phenolic OH excluding ortho intramolecular Hbond substituents is 1. The summed E-state index contributed by atoms with van der Waals surface area (Å²) in [5.41, 5.74) is 3.70. The van der Waals surface area contributed by atoms with Crippen molar-refractivity contribution < 1.29 is 9.84 Å². The summed E-state index contributed by atoms with van der Waals surface area (Å²) < 4.78 is 5.16. The number of methoxy groups -OCH3 is 1. The molecule has 0 fully saturated rings. The molecular formula is C19H18N2O2. The Labute approximate surface area is 135 Å². The second-order valence-electron chi connectivity index (χ2n) is 5.14. The standard InChI is InChI=1S/C19H18N2O2/c1-23-17-9-6-14(7-10-17)18-11-8-16(13-21-18)20-12-15-4-2-3-5-19(15)22/h2-11,13,20,22H,12H2,1H3. The Bertz CT molecular complexity index is 768. The third-order valence-corrected chi connectivity index (χ3v) is 3.62. The molecule has 0 bridgehead atoms. The minimum atomic E-state index is 0.294. The minimum Gasteiger partial charge on any atom is -0.508 e. The van der Waals surface area contributed by atoms with Gasteiger partial charge in [-0.1, -0.05) is 18.2 Å². The van der Waals surface area contributed by atoms with E-state index in [2.05, 4.69) is 10.3 Å². The van der Waals surface area contributed by atoms with Crippen molar-refractivity contribution in [3.63, 3.8) is 0 Å². The number of hydrogen-bond donors (Lipinski definition) is 2. The fourth-order valence-electron chi connectivity index (χ4n) is 2.29. The summed E-state index contributed by atoms with van der Waals surface area (Å²) in [5.74, 6) is 1.12. The van der Waals surface area contributed by atoms with Gasteiger partial charge < -0.3 is 15.2 Å². The number of aromatic hydroxyl groups is 1. The van der Waals surface area contributed by atoms with Crippen LogP contribution in [0, 0.1) is 0 Å². The van der Waals surface area contributed by atoms with E-state index in [0.29, 0.717) is 12.3 Å². The van der Waals surface area contributed by atoms with Crippen LogP contribution >= 0.6 is 0 Å². The molecule has 0 unspecified atom stereocenters. The lowest BCUT2D eigenvalue weighted by Crippen LogP contribution is -2.00. The molecule has 4 nitrogen and oxygen atoms in total. The van der Waals surface area contributed by atoms with Crippen LogP contribution in [-0.2, 0) is 6.54 Å². The summed E-state index contributed by atoms with van der Waals surface area (Å²) in [6.45, 7) is 0.552. The second-order valence-corrected chi connectivity index (χ2v) is 5.14. The van der Waals surface area contributed by atoms with E-state index in [1.807, 2.05) is 54.6 Å². The molecule has 4 heteroatoms. The van der Waals surface area contributed by atoms with Gasteiger partial charge in [0.25, 0.3) is 0 Å². The normalized spacial score (nSPS) is 10.3. The second kappa shape index (κ2) is 6.83. The quantitative estimate of drug-likeness (QED) is 0.746. The Hall–Kier alpha value is -3.01. The molecule has 0 saturated carbocycles. The zero-order valence-electron chi connectivity index (χ0n) is 12.9. The van der Waals surface area contributed by atoms with Gasteiger partial charge in [0.1, 0.15) is 11.5 Å². The molecule has 3 rings (SSSR count). The van der Waals surface area contributed by atoms with E-state index in [0.717, 1.165) is 28.3 Å². The molecule has 23 heavy (non-hydrogen) atoms.